The van der Waals surface area contributed by atoms with Gasteiger partial charge in [-0.05, 0) is 41.5 Å². The van der Waals surface area contributed by atoms with Crippen molar-refractivity contribution in [3.8, 4) is 21.9 Å². The van der Waals surface area contributed by atoms with E-state index in [1.807, 2.05) is 30.3 Å². The van der Waals surface area contributed by atoms with Crippen LogP contribution in [0.2, 0.25) is 0 Å². The minimum atomic E-state index is -1.21. The van der Waals surface area contributed by atoms with Gasteiger partial charge in [0.2, 0.25) is 0 Å². The maximum Gasteiger partial charge on any atom is 0.348 e. The number of hydrogen-bond acceptors (Lipinski definition) is 6. The summed E-state index contributed by atoms with van der Waals surface area (Å²) in [5.41, 5.74) is 1.70. The number of esters is 1. The second kappa shape index (κ2) is 8.37. The van der Waals surface area contributed by atoms with Gasteiger partial charge in [-0.15, -0.1) is 11.3 Å². The first-order chi connectivity index (χ1) is 13.0. The van der Waals surface area contributed by atoms with Gasteiger partial charge in [0.05, 0.1) is 0 Å². The van der Waals surface area contributed by atoms with Gasteiger partial charge in [0.25, 0.3) is 0 Å². The zero-order chi connectivity index (χ0) is 19.2. The van der Waals surface area contributed by atoms with E-state index >= 15 is 0 Å². The van der Waals surface area contributed by atoms with E-state index in [2.05, 4.69) is 4.74 Å². The first kappa shape index (κ1) is 18.5. The standard InChI is InChI=1S/C20H16O6S/c21-15-10-14(6-7-16(15)25-11-13-4-2-1-3-5-13)17-8-9-18(27-17)20(24)26-12-19(22)23/h1-10,21H,11-12H2,(H,22,23). The third-order valence-corrected chi connectivity index (χ3v) is 4.73. The van der Waals surface area contributed by atoms with E-state index in [1.165, 1.54) is 0 Å². The minimum Gasteiger partial charge on any atom is -0.504 e. The van der Waals surface area contributed by atoms with Gasteiger partial charge < -0.3 is 19.7 Å². The molecule has 3 aromatic rings. The van der Waals surface area contributed by atoms with Gasteiger partial charge in [0.1, 0.15) is 11.5 Å². The number of aliphatic carboxylic acids is 1. The van der Waals surface area contributed by atoms with Crippen LogP contribution < -0.4 is 4.74 Å². The Morgan fingerprint density at radius 3 is 2.48 bits per heavy atom. The fourth-order valence-corrected chi connectivity index (χ4v) is 3.23. The molecule has 0 atom stereocenters. The Labute approximate surface area is 159 Å². The molecule has 7 heteroatoms. The number of carbonyl (C=O) groups is 2. The topological polar surface area (TPSA) is 93.1 Å². The lowest BCUT2D eigenvalue weighted by atomic mass is 10.1. The molecule has 0 saturated heterocycles. The Balaban J connectivity index is 1.68. The molecule has 0 aliphatic carbocycles. The Hall–Kier alpha value is -3.32. The Morgan fingerprint density at radius 1 is 1.00 bits per heavy atom. The molecule has 0 amide bonds. The molecule has 0 aliphatic heterocycles. The molecular formula is C20H16O6S. The van der Waals surface area contributed by atoms with Crippen molar-refractivity contribution in [2.45, 2.75) is 6.61 Å². The van der Waals surface area contributed by atoms with Crippen LogP contribution in [0.25, 0.3) is 10.4 Å². The van der Waals surface area contributed by atoms with Crippen LogP contribution in [0, 0.1) is 0 Å². The second-order valence-electron chi connectivity index (χ2n) is 5.59. The highest BCUT2D eigenvalue weighted by atomic mass is 32.1. The molecule has 0 bridgehead atoms. The van der Waals surface area contributed by atoms with E-state index in [4.69, 9.17) is 9.84 Å². The number of thiophene rings is 1. The Bertz CT molecular complexity index is 948. The number of carboxylic acid groups (broad SMARTS) is 1. The SMILES string of the molecule is O=C(O)COC(=O)c1ccc(-c2ccc(OCc3ccccc3)c(O)c2)s1. The summed E-state index contributed by atoms with van der Waals surface area (Å²) in [7, 11) is 0. The summed E-state index contributed by atoms with van der Waals surface area (Å²) >= 11 is 1.15. The van der Waals surface area contributed by atoms with Crippen molar-refractivity contribution in [1.82, 2.24) is 0 Å². The molecular weight excluding hydrogens is 368 g/mol. The largest absolute Gasteiger partial charge is 0.504 e. The van der Waals surface area contributed by atoms with E-state index in [0.29, 0.717) is 17.9 Å². The van der Waals surface area contributed by atoms with Crippen LogP contribution in [-0.4, -0.2) is 28.8 Å². The van der Waals surface area contributed by atoms with Crippen LogP contribution in [0.4, 0.5) is 0 Å². The van der Waals surface area contributed by atoms with Gasteiger partial charge in [0, 0.05) is 4.88 Å². The second-order valence-corrected chi connectivity index (χ2v) is 6.67. The predicted molar refractivity (Wildman–Crippen MR) is 100 cm³/mol. The van der Waals surface area contributed by atoms with Crippen molar-refractivity contribution >= 4 is 23.3 Å². The highest BCUT2D eigenvalue weighted by molar-refractivity contribution is 7.17. The van der Waals surface area contributed by atoms with Crippen molar-refractivity contribution in [3.63, 3.8) is 0 Å². The normalized spacial score (nSPS) is 10.4. The first-order valence-electron chi connectivity index (χ1n) is 8.02. The van der Waals surface area contributed by atoms with Crippen molar-refractivity contribution in [1.29, 1.82) is 0 Å². The number of phenols is 1. The van der Waals surface area contributed by atoms with Crippen LogP contribution >= 0.6 is 11.3 Å². The highest BCUT2D eigenvalue weighted by Gasteiger charge is 2.14. The molecule has 27 heavy (non-hydrogen) atoms. The zero-order valence-corrected chi connectivity index (χ0v) is 14.9. The molecule has 0 aliphatic rings. The maximum absolute atomic E-state index is 11.8. The Kier molecular flexibility index (Phi) is 5.73. The fourth-order valence-electron chi connectivity index (χ4n) is 2.33. The number of ether oxygens (including phenoxy) is 2. The van der Waals surface area contributed by atoms with Gasteiger partial charge in [-0.2, -0.15) is 0 Å². The number of phenolic OH excluding ortho intramolecular Hbond substituents is 1. The van der Waals surface area contributed by atoms with Crippen LogP contribution in [-0.2, 0) is 16.1 Å². The lowest BCUT2D eigenvalue weighted by Gasteiger charge is -2.09. The average molecular weight is 384 g/mol. The molecule has 0 saturated carbocycles. The molecule has 138 valence electrons. The quantitative estimate of drug-likeness (QED) is 0.600. The van der Waals surface area contributed by atoms with Gasteiger partial charge in [0.15, 0.2) is 18.1 Å². The first-order valence-corrected chi connectivity index (χ1v) is 8.83. The maximum atomic E-state index is 11.8. The van der Waals surface area contributed by atoms with Crippen molar-refractivity contribution in [3.05, 3.63) is 71.1 Å². The molecule has 0 unspecified atom stereocenters. The van der Waals surface area contributed by atoms with Crippen molar-refractivity contribution in [2.75, 3.05) is 6.61 Å². The molecule has 1 heterocycles. The molecule has 0 radical (unpaired) electrons. The van der Waals surface area contributed by atoms with Gasteiger partial charge in [-0.1, -0.05) is 30.3 Å². The number of benzene rings is 2. The predicted octanol–water partition coefficient (Wildman–Crippen LogP) is 3.94. The number of carbonyl (C=O) groups excluding carboxylic acids is 1. The van der Waals surface area contributed by atoms with E-state index in [1.54, 1.807) is 30.3 Å². The lowest BCUT2D eigenvalue weighted by molar-refractivity contribution is -0.140. The van der Waals surface area contributed by atoms with E-state index < -0.39 is 18.5 Å². The highest BCUT2D eigenvalue weighted by Crippen LogP contribution is 2.35. The summed E-state index contributed by atoms with van der Waals surface area (Å²) in [5.74, 6) is -1.55. The fraction of sp³-hybridized carbons (Fsp3) is 0.100. The molecule has 2 aromatic carbocycles. The van der Waals surface area contributed by atoms with Gasteiger partial charge >= 0.3 is 11.9 Å². The summed E-state index contributed by atoms with van der Waals surface area (Å²) in [6, 6.07) is 17.9. The summed E-state index contributed by atoms with van der Waals surface area (Å²) in [6.45, 7) is -0.341. The number of hydrogen-bond donors (Lipinski definition) is 2. The average Bonchev–Trinajstić information content (AvgIpc) is 3.16. The number of rotatable bonds is 7. The Morgan fingerprint density at radius 2 is 1.78 bits per heavy atom. The summed E-state index contributed by atoms with van der Waals surface area (Å²) in [4.78, 5) is 23.3. The van der Waals surface area contributed by atoms with Crippen molar-refractivity contribution in [2.24, 2.45) is 0 Å². The molecule has 3 rings (SSSR count). The molecule has 0 fully saturated rings. The van der Waals surface area contributed by atoms with E-state index in [-0.39, 0.29) is 10.6 Å². The molecule has 0 spiro atoms. The molecule has 6 nitrogen and oxygen atoms in total. The van der Waals surface area contributed by atoms with Crippen LogP contribution in [0.3, 0.4) is 0 Å². The lowest BCUT2D eigenvalue weighted by Crippen LogP contribution is -2.11. The minimum absolute atomic E-state index is 0.00756. The zero-order valence-electron chi connectivity index (χ0n) is 14.1. The van der Waals surface area contributed by atoms with E-state index in [9.17, 15) is 14.7 Å². The summed E-state index contributed by atoms with van der Waals surface area (Å²) in [6.07, 6.45) is 0. The monoisotopic (exact) mass is 384 g/mol. The third-order valence-electron chi connectivity index (χ3n) is 3.61. The van der Waals surface area contributed by atoms with E-state index in [0.717, 1.165) is 21.8 Å². The van der Waals surface area contributed by atoms with Gasteiger partial charge in [-0.3, -0.25) is 0 Å². The third kappa shape index (κ3) is 4.86. The smallest absolute Gasteiger partial charge is 0.348 e. The molecule has 2 N–H and O–H groups in total. The van der Waals surface area contributed by atoms with Crippen LogP contribution in [0.5, 0.6) is 11.5 Å². The molecule has 1 aromatic heterocycles. The van der Waals surface area contributed by atoms with Crippen LogP contribution in [0.15, 0.2) is 60.7 Å². The van der Waals surface area contributed by atoms with Crippen LogP contribution in [0.1, 0.15) is 15.2 Å². The van der Waals surface area contributed by atoms with Crippen molar-refractivity contribution < 1.29 is 29.3 Å². The summed E-state index contributed by atoms with van der Waals surface area (Å²) in [5, 5.41) is 18.8. The van der Waals surface area contributed by atoms with Gasteiger partial charge in [-0.25, -0.2) is 9.59 Å². The summed E-state index contributed by atoms with van der Waals surface area (Å²) < 4.78 is 10.3. The number of carboxylic acids is 1. The number of aromatic hydroxyl groups is 1.